The number of aromatic nitrogens is 1. The normalized spacial score (nSPS) is 13.3. The quantitative estimate of drug-likeness (QED) is 0.557. The fourth-order valence-electron chi connectivity index (χ4n) is 3.29. The second-order valence-electron chi connectivity index (χ2n) is 7.08. The number of anilines is 1. The van der Waals surface area contributed by atoms with Gasteiger partial charge in [0.25, 0.3) is 11.8 Å². The number of hydrogen-bond donors (Lipinski definition) is 2. The molecule has 1 aliphatic carbocycles. The maximum atomic E-state index is 12.0. The number of carbonyl (C=O) groups is 3. The molecule has 0 unspecified atom stereocenters. The molecule has 0 bridgehead atoms. The van der Waals surface area contributed by atoms with Crippen LogP contribution in [-0.4, -0.2) is 36.0 Å². The molecule has 1 aliphatic rings. The minimum absolute atomic E-state index is 0.251. The van der Waals surface area contributed by atoms with Gasteiger partial charge < -0.3 is 19.9 Å². The average molecular weight is 395 g/mol. The average Bonchev–Trinajstić information content (AvgIpc) is 3.49. The highest BCUT2D eigenvalue weighted by Gasteiger charge is 2.26. The summed E-state index contributed by atoms with van der Waals surface area (Å²) in [5.74, 6) is -1.32. The van der Waals surface area contributed by atoms with Gasteiger partial charge in [-0.25, -0.2) is 4.79 Å². The van der Waals surface area contributed by atoms with E-state index in [-0.39, 0.29) is 5.91 Å². The molecule has 0 spiro atoms. The lowest BCUT2D eigenvalue weighted by Crippen LogP contribution is -2.21. The van der Waals surface area contributed by atoms with E-state index in [0.717, 1.165) is 11.3 Å². The molecule has 2 aromatic rings. The van der Waals surface area contributed by atoms with E-state index < -0.39 is 18.5 Å². The third-order valence-electron chi connectivity index (χ3n) is 4.82. The Labute approximate surface area is 169 Å². The Morgan fingerprint density at radius 2 is 1.97 bits per heavy atom. The van der Waals surface area contributed by atoms with Crippen molar-refractivity contribution in [1.29, 1.82) is 0 Å². The van der Waals surface area contributed by atoms with Crippen molar-refractivity contribution in [3.63, 3.8) is 0 Å². The monoisotopic (exact) mass is 395 g/mol. The van der Waals surface area contributed by atoms with Crippen LogP contribution in [0.15, 0.2) is 36.4 Å². The third kappa shape index (κ3) is 5.13. The molecule has 7 nitrogen and oxygen atoms in total. The lowest BCUT2D eigenvalue weighted by atomic mass is 10.2. The molecule has 1 aromatic carbocycles. The van der Waals surface area contributed by atoms with Gasteiger partial charge in [0.2, 0.25) is 0 Å². The molecule has 0 aliphatic heterocycles. The predicted molar refractivity (Wildman–Crippen MR) is 111 cm³/mol. The molecule has 1 aromatic heterocycles. The summed E-state index contributed by atoms with van der Waals surface area (Å²) in [4.78, 5) is 35.6. The third-order valence-corrected chi connectivity index (χ3v) is 4.82. The first-order valence-corrected chi connectivity index (χ1v) is 9.54. The zero-order chi connectivity index (χ0) is 21.0. The molecule has 0 radical (unpaired) electrons. The zero-order valence-electron chi connectivity index (χ0n) is 16.8. The number of amides is 2. The van der Waals surface area contributed by atoms with Crippen molar-refractivity contribution in [2.45, 2.75) is 32.7 Å². The van der Waals surface area contributed by atoms with Gasteiger partial charge in [-0.3, -0.25) is 9.59 Å². The Bertz CT molecular complexity index is 970. The number of esters is 1. The van der Waals surface area contributed by atoms with E-state index in [1.54, 1.807) is 30.3 Å². The molecule has 2 N–H and O–H groups in total. The molecule has 0 atom stereocenters. The number of aryl methyl sites for hydroxylation is 1. The maximum Gasteiger partial charge on any atom is 0.331 e. The fraction of sp³-hybridized carbons (Fsp3) is 0.318. The van der Waals surface area contributed by atoms with Crippen LogP contribution in [0.4, 0.5) is 5.69 Å². The van der Waals surface area contributed by atoms with Gasteiger partial charge in [-0.2, -0.15) is 0 Å². The van der Waals surface area contributed by atoms with Crippen LogP contribution in [0.5, 0.6) is 0 Å². The summed E-state index contributed by atoms with van der Waals surface area (Å²) in [6, 6.07) is 9.13. The molecule has 29 heavy (non-hydrogen) atoms. The predicted octanol–water partition coefficient (Wildman–Crippen LogP) is 2.99. The zero-order valence-corrected chi connectivity index (χ0v) is 16.8. The highest BCUT2D eigenvalue weighted by molar-refractivity contribution is 5.98. The van der Waals surface area contributed by atoms with Crippen molar-refractivity contribution in [3.8, 4) is 0 Å². The van der Waals surface area contributed by atoms with E-state index in [1.807, 2.05) is 13.0 Å². The molecule has 1 fully saturated rings. The Morgan fingerprint density at radius 1 is 1.21 bits per heavy atom. The highest BCUT2D eigenvalue weighted by Crippen LogP contribution is 2.38. The molecular weight excluding hydrogens is 370 g/mol. The van der Waals surface area contributed by atoms with Gasteiger partial charge in [-0.05, 0) is 62.6 Å². The number of carbonyl (C=O) groups excluding carboxylic acids is 3. The molecule has 3 rings (SSSR count). The van der Waals surface area contributed by atoms with Gasteiger partial charge in [0.15, 0.2) is 6.61 Å². The van der Waals surface area contributed by atoms with Crippen molar-refractivity contribution in [1.82, 2.24) is 9.88 Å². The molecule has 1 heterocycles. The minimum Gasteiger partial charge on any atom is -0.452 e. The SMILES string of the molecule is CNC(=O)c1cccc(NC(=O)COC(=O)/C=C/c2cc(C)n(C3CC3)c2C)c1. The first-order chi connectivity index (χ1) is 13.9. The molecule has 152 valence electrons. The van der Waals surface area contributed by atoms with E-state index in [0.29, 0.717) is 17.3 Å². The van der Waals surface area contributed by atoms with Crippen molar-refractivity contribution < 1.29 is 19.1 Å². The summed E-state index contributed by atoms with van der Waals surface area (Å²) >= 11 is 0. The van der Waals surface area contributed by atoms with Crippen molar-refractivity contribution >= 4 is 29.5 Å². The highest BCUT2D eigenvalue weighted by atomic mass is 16.5. The number of rotatable bonds is 7. The smallest absolute Gasteiger partial charge is 0.331 e. The van der Waals surface area contributed by atoms with Crippen LogP contribution in [-0.2, 0) is 14.3 Å². The van der Waals surface area contributed by atoms with Gasteiger partial charge in [-0.15, -0.1) is 0 Å². The van der Waals surface area contributed by atoms with E-state index in [1.165, 1.54) is 31.7 Å². The van der Waals surface area contributed by atoms with Gasteiger partial charge >= 0.3 is 5.97 Å². The van der Waals surface area contributed by atoms with Crippen molar-refractivity contribution in [2.75, 3.05) is 19.0 Å². The number of nitrogens with one attached hydrogen (secondary N) is 2. The van der Waals surface area contributed by atoms with Crippen LogP contribution in [0.2, 0.25) is 0 Å². The molecule has 2 amide bonds. The lowest BCUT2D eigenvalue weighted by molar-refractivity contribution is -0.142. The van der Waals surface area contributed by atoms with Crippen LogP contribution < -0.4 is 10.6 Å². The van der Waals surface area contributed by atoms with E-state index in [2.05, 4.69) is 22.1 Å². The standard InChI is InChI=1S/C22H25N3O4/c1-14-11-16(15(2)25(14)19-8-9-19)7-10-21(27)29-13-20(26)24-18-6-4-5-17(12-18)22(28)23-3/h4-7,10-12,19H,8-9,13H2,1-3H3,(H,23,28)(H,24,26)/b10-7+. The second kappa shape index (κ2) is 8.77. The van der Waals surface area contributed by atoms with Crippen LogP contribution in [0.1, 0.15) is 46.2 Å². The van der Waals surface area contributed by atoms with Crippen molar-refractivity contribution in [3.05, 3.63) is 58.9 Å². The van der Waals surface area contributed by atoms with Crippen LogP contribution >= 0.6 is 0 Å². The molecule has 7 heteroatoms. The Balaban J connectivity index is 1.52. The Morgan fingerprint density at radius 3 is 2.66 bits per heavy atom. The van der Waals surface area contributed by atoms with E-state index in [4.69, 9.17) is 4.74 Å². The van der Waals surface area contributed by atoms with E-state index in [9.17, 15) is 14.4 Å². The summed E-state index contributed by atoms with van der Waals surface area (Å²) < 4.78 is 7.31. The first-order valence-electron chi connectivity index (χ1n) is 9.54. The van der Waals surface area contributed by atoms with Gasteiger partial charge in [0, 0.05) is 41.8 Å². The fourth-order valence-corrected chi connectivity index (χ4v) is 3.29. The van der Waals surface area contributed by atoms with Crippen LogP contribution in [0.3, 0.4) is 0 Å². The van der Waals surface area contributed by atoms with Gasteiger partial charge in [-0.1, -0.05) is 6.07 Å². The number of benzene rings is 1. The second-order valence-corrected chi connectivity index (χ2v) is 7.08. The van der Waals surface area contributed by atoms with Crippen LogP contribution in [0, 0.1) is 13.8 Å². The Kier molecular flexibility index (Phi) is 6.16. The lowest BCUT2D eigenvalue weighted by Gasteiger charge is -2.07. The van der Waals surface area contributed by atoms with E-state index >= 15 is 0 Å². The summed E-state index contributed by atoms with van der Waals surface area (Å²) in [6.07, 6.45) is 5.44. The molecular formula is C22H25N3O4. The summed E-state index contributed by atoms with van der Waals surface area (Å²) in [5, 5.41) is 5.12. The minimum atomic E-state index is -0.588. The summed E-state index contributed by atoms with van der Waals surface area (Å²) in [5.41, 5.74) is 4.16. The number of nitrogens with zero attached hydrogens (tertiary/aromatic N) is 1. The number of hydrogen-bond acceptors (Lipinski definition) is 4. The molecule has 0 saturated heterocycles. The number of ether oxygens (including phenoxy) is 1. The maximum absolute atomic E-state index is 12.0. The van der Waals surface area contributed by atoms with Gasteiger partial charge in [0.05, 0.1) is 0 Å². The summed E-state index contributed by atoms with van der Waals surface area (Å²) in [6.45, 7) is 3.69. The topological polar surface area (TPSA) is 89.4 Å². The van der Waals surface area contributed by atoms with Gasteiger partial charge in [0.1, 0.15) is 0 Å². The largest absolute Gasteiger partial charge is 0.452 e. The van der Waals surface area contributed by atoms with Crippen LogP contribution in [0.25, 0.3) is 6.08 Å². The Hall–Kier alpha value is -3.35. The molecule has 1 saturated carbocycles. The van der Waals surface area contributed by atoms with Crippen molar-refractivity contribution in [2.24, 2.45) is 0 Å². The first kappa shape index (κ1) is 20.4. The summed E-state index contributed by atoms with van der Waals surface area (Å²) in [7, 11) is 1.53.